The first kappa shape index (κ1) is 16.0. The van der Waals surface area contributed by atoms with Crippen LogP contribution in [0.5, 0.6) is 0 Å². The summed E-state index contributed by atoms with van der Waals surface area (Å²) in [6.45, 7) is 6.34. The van der Waals surface area contributed by atoms with Gasteiger partial charge in [-0.2, -0.15) is 0 Å². The van der Waals surface area contributed by atoms with E-state index < -0.39 is 0 Å². The van der Waals surface area contributed by atoms with Crippen LogP contribution in [-0.2, 0) is 4.74 Å². The molecule has 1 saturated carbocycles. The number of hydrogen-bond donors (Lipinski definition) is 1. The summed E-state index contributed by atoms with van der Waals surface area (Å²) >= 11 is 3.66. The maximum absolute atomic E-state index is 6.44. The van der Waals surface area contributed by atoms with Gasteiger partial charge in [0.2, 0.25) is 0 Å². The van der Waals surface area contributed by atoms with Crippen molar-refractivity contribution in [2.75, 3.05) is 13.1 Å². The van der Waals surface area contributed by atoms with Gasteiger partial charge in [0.15, 0.2) is 0 Å². The lowest BCUT2D eigenvalue weighted by molar-refractivity contribution is -0.0396. The van der Waals surface area contributed by atoms with Gasteiger partial charge < -0.3 is 10.1 Å². The summed E-state index contributed by atoms with van der Waals surface area (Å²) in [7, 11) is 0. The van der Waals surface area contributed by atoms with Gasteiger partial charge >= 0.3 is 0 Å². The van der Waals surface area contributed by atoms with Crippen LogP contribution in [0.4, 0.5) is 0 Å². The number of nitrogens with one attached hydrogen (secondary N) is 1. The molecule has 1 aliphatic carbocycles. The van der Waals surface area contributed by atoms with Crippen LogP contribution in [-0.4, -0.2) is 19.2 Å². The summed E-state index contributed by atoms with van der Waals surface area (Å²) in [5, 5.41) is 3.43. The highest BCUT2D eigenvalue weighted by atomic mass is 79.9. The minimum Gasteiger partial charge on any atom is -0.369 e. The predicted molar refractivity (Wildman–Crippen MR) is 87.9 cm³/mol. The molecule has 0 aromatic heterocycles. The van der Waals surface area contributed by atoms with E-state index in [-0.39, 0.29) is 6.10 Å². The van der Waals surface area contributed by atoms with E-state index in [1.165, 1.54) is 31.2 Å². The van der Waals surface area contributed by atoms with Crippen LogP contribution in [0, 0.1) is 5.92 Å². The molecule has 1 aromatic rings. The second-order valence-electron chi connectivity index (χ2n) is 5.85. The van der Waals surface area contributed by atoms with Gasteiger partial charge in [0, 0.05) is 11.0 Å². The van der Waals surface area contributed by atoms with Crippen LogP contribution in [0.2, 0.25) is 0 Å². The van der Waals surface area contributed by atoms with Crippen LogP contribution in [0.1, 0.15) is 51.2 Å². The summed E-state index contributed by atoms with van der Waals surface area (Å²) in [6, 6.07) is 8.41. The van der Waals surface area contributed by atoms with Crippen molar-refractivity contribution >= 4 is 15.9 Å². The van der Waals surface area contributed by atoms with E-state index in [9.17, 15) is 0 Å². The minimum absolute atomic E-state index is 0.140. The van der Waals surface area contributed by atoms with Crippen molar-refractivity contribution in [1.82, 2.24) is 5.32 Å². The summed E-state index contributed by atoms with van der Waals surface area (Å²) in [6.07, 6.45) is 5.61. The molecule has 1 N–H and O–H groups in total. The van der Waals surface area contributed by atoms with E-state index in [1.807, 2.05) is 0 Å². The van der Waals surface area contributed by atoms with Crippen molar-refractivity contribution < 1.29 is 4.74 Å². The fourth-order valence-electron chi connectivity index (χ4n) is 2.98. The third-order valence-electron chi connectivity index (χ3n) is 4.08. The van der Waals surface area contributed by atoms with E-state index in [0.29, 0.717) is 6.10 Å². The molecule has 1 fully saturated rings. The molecule has 3 unspecified atom stereocenters. The van der Waals surface area contributed by atoms with E-state index in [2.05, 4.69) is 59.4 Å². The molecule has 20 heavy (non-hydrogen) atoms. The van der Waals surface area contributed by atoms with E-state index in [0.717, 1.165) is 23.5 Å². The van der Waals surface area contributed by atoms with Gasteiger partial charge in [0.05, 0.1) is 12.2 Å². The van der Waals surface area contributed by atoms with Gasteiger partial charge in [-0.3, -0.25) is 0 Å². The number of hydrogen-bond acceptors (Lipinski definition) is 2. The Morgan fingerprint density at radius 3 is 2.85 bits per heavy atom. The Kier molecular flexibility index (Phi) is 6.53. The largest absolute Gasteiger partial charge is 0.369 e. The Bertz CT molecular complexity index is 410. The zero-order chi connectivity index (χ0) is 14.4. The highest BCUT2D eigenvalue weighted by Crippen LogP contribution is 2.32. The first-order valence-corrected chi connectivity index (χ1v) is 8.60. The highest BCUT2D eigenvalue weighted by Gasteiger charge is 2.24. The van der Waals surface area contributed by atoms with Gasteiger partial charge in [-0.1, -0.05) is 60.8 Å². The quantitative estimate of drug-likeness (QED) is 0.811. The Balaban J connectivity index is 2.05. The monoisotopic (exact) mass is 339 g/mol. The Morgan fingerprint density at radius 1 is 1.35 bits per heavy atom. The fourth-order valence-corrected chi connectivity index (χ4v) is 3.52. The molecular formula is C17H26BrNO. The van der Waals surface area contributed by atoms with Gasteiger partial charge in [-0.15, -0.1) is 0 Å². The molecule has 0 radical (unpaired) electrons. The molecular weight excluding hydrogens is 314 g/mol. The zero-order valence-electron chi connectivity index (χ0n) is 12.6. The lowest BCUT2D eigenvalue weighted by Gasteiger charge is -2.31. The van der Waals surface area contributed by atoms with Crippen molar-refractivity contribution in [3.05, 3.63) is 34.3 Å². The molecule has 2 nitrogen and oxygen atoms in total. The van der Waals surface area contributed by atoms with Crippen LogP contribution >= 0.6 is 15.9 Å². The number of halogens is 1. The molecule has 3 atom stereocenters. The van der Waals surface area contributed by atoms with Crippen molar-refractivity contribution in [2.24, 2.45) is 5.92 Å². The normalized spacial score (nSPS) is 24.6. The first-order valence-electron chi connectivity index (χ1n) is 7.81. The third-order valence-corrected chi connectivity index (χ3v) is 4.80. The maximum atomic E-state index is 6.44. The van der Waals surface area contributed by atoms with E-state index in [1.54, 1.807) is 0 Å². The Labute approximate surface area is 131 Å². The lowest BCUT2D eigenvalue weighted by Crippen LogP contribution is -2.29. The smallest absolute Gasteiger partial charge is 0.0963 e. The van der Waals surface area contributed by atoms with Gasteiger partial charge in [0.1, 0.15) is 0 Å². The molecule has 112 valence electrons. The number of rotatable bonds is 6. The lowest BCUT2D eigenvalue weighted by atomic mass is 9.88. The fraction of sp³-hybridized carbons (Fsp3) is 0.647. The molecule has 0 aliphatic heterocycles. The summed E-state index contributed by atoms with van der Waals surface area (Å²) < 4.78 is 7.58. The SMILES string of the molecule is CCNCC(OC1CCCC(C)C1)c1ccccc1Br. The molecule has 0 spiro atoms. The Hall–Kier alpha value is -0.380. The van der Waals surface area contributed by atoms with Crippen LogP contribution in [0.15, 0.2) is 28.7 Å². The van der Waals surface area contributed by atoms with Crippen molar-refractivity contribution in [3.63, 3.8) is 0 Å². The van der Waals surface area contributed by atoms with Crippen molar-refractivity contribution in [1.29, 1.82) is 0 Å². The van der Waals surface area contributed by atoms with Gasteiger partial charge in [0.25, 0.3) is 0 Å². The minimum atomic E-state index is 0.140. The molecule has 1 aliphatic rings. The number of likely N-dealkylation sites (N-methyl/N-ethyl adjacent to an activating group) is 1. The summed E-state index contributed by atoms with van der Waals surface area (Å²) in [5.41, 5.74) is 1.26. The van der Waals surface area contributed by atoms with Crippen LogP contribution in [0.3, 0.4) is 0 Å². The van der Waals surface area contributed by atoms with Crippen LogP contribution < -0.4 is 5.32 Å². The second kappa shape index (κ2) is 8.16. The molecule has 0 bridgehead atoms. The van der Waals surface area contributed by atoms with Crippen molar-refractivity contribution in [3.8, 4) is 0 Å². The number of benzene rings is 1. The molecule has 0 amide bonds. The molecule has 3 heteroatoms. The molecule has 0 saturated heterocycles. The summed E-state index contributed by atoms with van der Waals surface area (Å²) in [5.74, 6) is 0.799. The van der Waals surface area contributed by atoms with Gasteiger partial charge in [-0.05, 0) is 36.9 Å². The summed E-state index contributed by atoms with van der Waals surface area (Å²) in [4.78, 5) is 0. The average Bonchev–Trinajstić information content (AvgIpc) is 2.44. The highest BCUT2D eigenvalue weighted by molar-refractivity contribution is 9.10. The van der Waals surface area contributed by atoms with Gasteiger partial charge in [-0.25, -0.2) is 0 Å². The molecule has 1 aromatic carbocycles. The van der Waals surface area contributed by atoms with E-state index in [4.69, 9.17) is 4.74 Å². The first-order chi connectivity index (χ1) is 9.70. The topological polar surface area (TPSA) is 21.3 Å². The Morgan fingerprint density at radius 2 is 2.15 bits per heavy atom. The zero-order valence-corrected chi connectivity index (χ0v) is 14.2. The molecule has 0 heterocycles. The van der Waals surface area contributed by atoms with Crippen LogP contribution in [0.25, 0.3) is 0 Å². The number of ether oxygens (including phenoxy) is 1. The average molecular weight is 340 g/mol. The predicted octanol–water partition coefficient (Wildman–Crippen LogP) is 4.70. The van der Waals surface area contributed by atoms with Crippen molar-refractivity contribution in [2.45, 2.75) is 51.7 Å². The maximum Gasteiger partial charge on any atom is 0.0963 e. The standard InChI is InChI=1S/C17H26BrNO/c1-3-19-12-17(15-9-4-5-10-16(15)18)20-14-8-6-7-13(2)11-14/h4-5,9-10,13-14,17,19H,3,6-8,11-12H2,1-2H3. The molecule has 2 rings (SSSR count). The third kappa shape index (κ3) is 4.57. The second-order valence-corrected chi connectivity index (χ2v) is 6.70. The van der Waals surface area contributed by atoms with E-state index >= 15 is 0 Å².